The molecule has 40 heavy (non-hydrogen) atoms. The van der Waals surface area contributed by atoms with Gasteiger partial charge in [0.1, 0.15) is 18.1 Å². The SMILES string of the molecule is C[Si](C)(C)CCOCn1cc(-c2nc3cc(N4CCOCC4)ccc3o2)c2cc(NC(=O)C3CC3)ncc2c1=O. The van der Waals surface area contributed by atoms with Crippen LogP contribution in [0.1, 0.15) is 12.8 Å². The number of morpholine rings is 1. The first-order valence-corrected chi connectivity index (χ1v) is 17.6. The van der Waals surface area contributed by atoms with E-state index in [9.17, 15) is 9.59 Å². The van der Waals surface area contributed by atoms with Crippen molar-refractivity contribution in [2.45, 2.75) is 45.3 Å². The number of nitrogens with one attached hydrogen (secondary N) is 1. The van der Waals surface area contributed by atoms with Crippen molar-refractivity contribution in [2.24, 2.45) is 5.92 Å². The van der Waals surface area contributed by atoms with Gasteiger partial charge in [-0.1, -0.05) is 19.6 Å². The van der Waals surface area contributed by atoms with Gasteiger partial charge in [0.25, 0.3) is 5.56 Å². The number of anilines is 2. The van der Waals surface area contributed by atoms with Crippen LogP contribution in [0.15, 0.2) is 45.9 Å². The van der Waals surface area contributed by atoms with E-state index in [4.69, 9.17) is 18.9 Å². The number of aromatic nitrogens is 3. The summed E-state index contributed by atoms with van der Waals surface area (Å²) >= 11 is 0. The number of ether oxygens (including phenoxy) is 2. The molecule has 4 heterocycles. The Balaban J connectivity index is 1.39. The van der Waals surface area contributed by atoms with Crippen molar-refractivity contribution in [1.29, 1.82) is 0 Å². The summed E-state index contributed by atoms with van der Waals surface area (Å²) in [6, 6.07) is 8.72. The molecule has 0 unspecified atom stereocenters. The number of fused-ring (bicyclic) bond motifs is 2. The average Bonchev–Trinajstić information content (AvgIpc) is 3.71. The van der Waals surface area contributed by atoms with E-state index < -0.39 is 8.07 Å². The average molecular weight is 562 g/mol. The van der Waals surface area contributed by atoms with Crippen LogP contribution in [0.4, 0.5) is 11.5 Å². The summed E-state index contributed by atoms with van der Waals surface area (Å²) in [7, 11) is -1.27. The number of carbonyl (C=O) groups excluding carboxylic acids is 1. The fourth-order valence-corrected chi connectivity index (χ4v) is 5.54. The van der Waals surface area contributed by atoms with Gasteiger partial charge in [-0.2, -0.15) is 0 Å². The summed E-state index contributed by atoms with van der Waals surface area (Å²) in [5.41, 5.74) is 2.87. The lowest BCUT2D eigenvalue weighted by Gasteiger charge is -2.28. The highest BCUT2D eigenvalue weighted by atomic mass is 28.3. The van der Waals surface area contributed by atoms with E-state index >= 15 is 0 Å². The highest BCUT2D eigenvalue weighted by Gasteiger charge is 2.30. The molecule has 1 aliphatic heterocycles. The number of rotatable bonds is 9. The number of benzene rings is 1. The molecule has 3 aromatic heterocycles. The third-order valence-corrected chi connectivity index (χ3v) is 9.08. The van der Waals surface area contributed by atoms with Crippen LogP contribution in [0, 0.1) is 5.92 Å². The smallest absolute Gasteiger partial charge is 0.261 e. The summed E-state index contributed by atoms with van der Waals surface area (Å²) in [6.07, 6.45) is 5.03. The van der Waals surface area contributed by atoms with Crippen molar-refractivity contribution < 1.29 is 18.7 Å². The zero-order valence-corrected chi connectivity index (χ0v) is 24.2. The molecule has 1 aliphatic carbocycles. The Morgan fingerprint density at radius 1 is 1.15 bits per heavy atom. The van der Waals surface area contributed by atoms with Crippen LogP contribution < -0.4 is 15.8 Å². The quantitative estimate of drug-likeness (QED) is 0.231. The standard InChI is InChI=1S/C29H35N5O5Si/c1-40(2,3)13-12-38-18-34-17-23(21-15-26(30-16-22(21)29(34)36)32-27(35)19-4-5-19)28-31-24-14-20(6-7-25(24)39-28)33-8-10-37-11-9-33/h6-7,14-17,19H,4-5,8-13,18H2,1-3H3,(H,30,32,35). The Morgan fingerprint density at radius 3 is 2.70 bits per heavy atom. The molecular weight excluding hydrogens is 526 g/mol. The largest absolute Gasteiger partial charge is 0.436 e. The summed E-state index contributed by atoms with van der Waals surface area (Å²) in [5.74, 6) is 0.784. The van der Waals surface area contributed by atoms with Crippen LogP contribution in [-0.2, 0) is 21.0 Å². The van der Waals surface area contributed by atoms with Crippen molar-refractivity contribution in [2.75, 3.05) is 43.1 Å². The minimum Gasteiger partial charge on any atom is -0.436 e. The van der Waals surface area contributed by atoms with E-state index in [0.29, 0.717) is 53.4 Å². The Kier molecular flexibility index (Phi) is 7.19. The Bertz CT molecular complexity index is 1620. The van der Waals surface area contributed by atoms with Gasteiger partial charge in [-0.05, 0) is 43.2 Å². The van der Waals surface area contributed by atoms with Gasteiger partial charge in [0.15, 0.2) is 5.58 Å². The van der Waals surface area contributed by atoms with Crippen molar-refractivity contribution in [3.05, 3.63) is 47.0 Å². The summed E-state index contributed by atoms with van der Waals surface area (Å²) in [5, 5.41) is 3.91. The van der Waals surface area contributed by atoms with Gasteiger partial charge < -0.3 is 24.1 Å². The van der Waals surface area contributed by atoms with Crippen LogP contribution in [0.3, 0.4) is 0 Å². The maximum absolute atomic E-state index is 13.4. The van der Waals surface area contributed by atoms with Gasteiger partial charge in [-0.25, -0.2) is 9.97 Å². The van der Waals surface area contributed by atoms with Crippen LogP contribution in [0.2, 0.25) is 25.7 Å². The normalized spacial score (nSPS) is 16.1. The van der Waals surface area contributed by atoms with E-state index in [1.807, 2.05) is 18.2 Å². The van der Waals surface area contributed by atoms with Crippen LogP contribution in [0.25, 0.3) is 33.3 Å². The van der Waals surface area contributed by atoms with Crippen molar-refractivity contribution in [3.8, 4) is 11.5 Å². The Hall–Kier alpha value is -3.54. The summed E-state index contributed by atoms with van der Waals surface area (Å²) < 4.78 is 19.2. The van der Waals surface area contributed by atoms with E-state index in [1.54, 1.807) is 16.8 Å². The minimum atomic E-state index is -1.27. The predicted molar refractivity (Wildman–Crippen MR) is 157 cm³/mol. The van der Waals surface area contributed by atoms with Gasteiger partial charge in [0.05, 0.1) is 24.2 Å². The predicted octanol–water partition coefficient (Wildman–Crippen LogP) is 4.70. The molecule has 210 valence electrons. The molecule has 2 fully saturated rings. The van der Waals surface area contributed by atoms with Crippen LogP contribution in [-0.4, -0.2) is 61.4 Å². The second-order valence-corrected chi connectivity index (χ2v) is 17.4. The van der Waals surface area contributed by atoms with Gasteiger partial charge in [0.2, 0.25) is 11.8 Å². The third kappa shape index (κ3) is 5.81. The molecule has 1 N–H and O–H groups in total. The molecule has 1 saturated heterocycles. The minimum absolute atomic E-state index is 0.0379. The molecular formula is C29H35N5O5Si. The lowest BCUT2D eigenvalue weighted by atomic mass is 10.1. The number of amides is 1. The molecule has 0 radical (unpaired) electrons. The second-order valence-electron chi connectivity index (χ2n) is 11.8. The van der Waals surface area contributed by atoms with Gasteiger partial charge in [0, 0.05) is 57.2 Å². The molecule has 10 nitrogen and oxygen atoms in total. The fourth-order valence-electron chi connectivity index (χ4n) is 4.79. The fraction of sp³-hybridized carbons (Fsp3) is 0.448. The van der Waals surface area contributed by atoms with E-state index in [1.165, 1.54) is 6.20 Å². The molecule has 0 atom stereocenters. The maximum Gasteiger partial charge on any atom is 0.261 e. The molecule has 2 aliphatic rings. The molecule has 0 bridgehead atoms. The number of pyridine rings is 2. The molecule has 1 aromatic carbocycles. The Morgan fingerprint density at radius 2 is 1.95 bits per heavy atom. The highest BCUT2D eigenvalue weighted by Crippen LogP contribution is 2.33. The summed E-state index contributed by atoms with van der Waals surface area (Å²) in [6.45, 7) is 10.6. The Labute approximate surface area is 233 Å². The zero-order chi connectivity index (χ0) is 27.9. The number of nitrogens with zero attached hydrogens (tertiary/aromatic N) is 4. The number of oxazole rings is 1. The molecule has 1 saturated carbocycles. The monoisotopic (exact) mass is 561 g/mol. The topological polar surface area (TPSA) is 112 Å². The second kappa shape index (κ2) is 10.8. The van der Waals surface area contributed by atoms with Crippen LogP contribution >= 0.6 is 0 Å². The number of hydrogen-bond acceptors (Lipinski definition) is 8. The zero-order valence-electron chi connectivity index (χ0n) is 23.2. The van der Waals surface area contributed by atoms with E-state index in [0.717, 1.165) is 43.2 Å². The molecule has 1 amide bonds. The molecule has 0 spiro atoms. The third-order valence-electron chi connectivity index (χ3n) is 7.37. The lowest BCUT2D eigenvalue weighted by molar-refractivity contribution is -0.117. The first-order valence-electron chi connectivity index (χ1n) is 13.9. The van der Waals surface area contributed by atoms with E-state index in [-0.39, 0.29) is 24.1 Å². The van der Waals surface area contributed by atoms with Gasteiger partial charge in [-0.3, -0.25) is 14.2 Å². The highest BCUT2D eigenvalue weighted by molar-refractivity contribution is 6.76. The summed E-state index contributed by atoms with van der Waals surface area (Å²) in [4.78, 5) is 37.3. The van der Waals surface area contributed by atoms with Crippen molar-refractivity contribution in [3.63, 3.8) is 0 Å². The number of carbonyl (C=O) groups is 1. The molecule has 4 aromatic rings. The van der Waals surface area contributed by atoms with Gasteiger partial charge >= 0.3 is 0 Å². The first-order chi connectivity index (χ1) is 19.2. The first kappa shape index (κ1) is 26.7. The van der Waals surface area contributed by atoms with Crippen molar-refractivity contribution in [1.82, 2.24) is 14.5 Å². The van der Waals surface area contributed by atoms with Gasteiger partial charge in [-0.15, -0.1) is 0 Å². The lowest BCUT2D eigenvalue weighted by Crippen LogP contribution is -2.36. The molecule has 6 rings (SSSR count). The van der Waals surface area contributed by atoms with Crippen LogP contribution in [0.5, 0.6) is 0 Å². The molecule has 11 heteroatoms. The number of hydrogen-bond donors (Lipinski definition) is 1. The maximum atomic E-state index is 13.4. The van der Waals surface area contributed by atoms with E-state index in [2.05, 4.69) is 34.8 Å². The van der Waals surface area contributed by atoms with Crippen molar-refractivity contribution >= 4 is 47.4 Å².